The summed E-state index contributed by atoms with van der Waals surface area (Å²) >= 11 is 0. The molecule has 0 saturated carbocycles. The Balaban J connectivity index is 4.30. The third-order valence-electron chi connectivity index (χ3n) is 1.09. The summed E-state index contributed by atoms with van der Waals surface area (Å²) in [5.41, 5.74) is 0. The molecule has 0 fully saturated rings. The van der Waals surface area contributed by atoms with E-state index in [4.69, 9.17) is 0 Å². The number of hydrogen-bond acceptors (Lipinski definition) is 2. The molecule has 0 heterocycles. The Hall–Kier alpha value is -0.850. The molecule has 1 amide bonds. The van der Waals surface area contributed by atoms with Crippen LogP contribution in [0.4, 0.5) is 17.6 Å². The van der Waals surface area contributed by atoms with Crippen molar-refractivity contribution in [2.24, 2.45) is 0 Å². The first-order chi connectivity index (χ1) is 5.30. The van der Waals surface area contributed by atoms with Crippen molar-refractivity contribution < 1.29 is 27.2 Å². The van der Waals surface area contributed by atoms with E-state index >= 15 is 0 Å². The van der Waals surface area contributed by atoms with Crippen LogP contribution in [-0.2, 0) is 9.63 Å². The first-order valence-electron chi connectivity index (χ1n) is 2.83. The highest BCUT2D eigenvalue weighted by Crippen LogP contribution is 2.24. The van der Waals surface area contributed by atoms with Crippen molar-refractivity contribution in [2.75, 3.05) is 14.2 Å². The molecule has 0 radical (unpaired) electrons. The average molecular weight is 189 g/mol. The van der Waals surface area contributed by atoms with Crippen LogP contribution in [0.2, 0.25) is 0 Å². The van der Waals surface area contributed by atoms with Crippen LogP contribution in [-0.4, -0.2) is 37.5 Å². The van der Waals surface area contributed by atoms with Gasteiger partial charge < -0.3 is 0 Å². The van der Waals surface area contributed by atoms with Crippen LogP contribution in [0.1, 0.15) is 0 Å². The molecule has 1 atom stereocenters. The van der Waals surface area contributed by atoms with Gasteiger partial charge in [0.2, 0.25) is 0 Å². The summed E-state index contributed by atoms with van der Waals surface area (Å²) in [5.74, 6) is -1.77. The molecule has 72 valence electrons. The van der Waals surface area contributed by atoms with E-state index in [1.54, 1.807) is 0 Å². The van der Waals surface area contributed by atoms with Crippen LogP contribution in [0.3, 0.4) is 0 Å². The number of carbonyl (C=O) groups excluding carboxylic acids is 1. The summed E-state index contributed by atoms with van der Waals surface area (Å²) in [6.07, 6.45) is -8.70. The highest BCUT2D eigenvalue weighted by Gasteiger charge is 2.47. The fourth-order valence-electron chi connectivity index (χ4n) is 0.390. The lowest BCUT2D eigenvalue weighted by atomic mass is 10.3. The van der Waals surface area contributed by atoms with Gasteiger partial charge >= 0.3 is 6.18 Å². The van der Waals surface area contributed by atoms with Crippen LogP contribution < -0.4 is 0 Å². The molecule has 0 saturated heterocycles. The summed E-state index contributed by atoms with van der Waals surface area (Å²) in [7, 11) is 1.85. The minimum atomic E-state index is -5.18. The van der Waals surface area contributed by atoms with Gasteiger partial charge in [-0.1, -0.05) is 0 Å². The van der Waals surface area contributed by atoms with E-state index in [0.29, 0.717) is 0 Å². The van der Waals surface area contributed by atoms with Crippen molar-refractivity contribution >= 4 is 5.91 Å². The molecule has 3 nitrogen and oxygen atoms in total. The molecule has 0 aliphatic rings. The smallest absolute Gasteiger partial charge is 0.274 e. The van der Waals surface area contributed by atoms with E-state index in [2.05, 4.69) is 4.84 Å². The molecule has 0 aromatic carbocycles. The highest BCUT2D eigenvalue weighted by atomic mass is 19.4. The first-order valence-corrected chi connectivity index (χ1v) is 2.83. The van der Waals surface area contributed by atoms with Gasteiger partial charge in [-0.2, -0.15) is 13.2 Å². The molecule has 0 spiro atoms. The maximum absolute atomic E-state index is 12.1. The summed E-state index contributed by atoms with van der Waals surface area (Å²) < 4.78 is 46.7. The monoisotopic (exact) mass is 189 g/mol. The van der Waals surface area contributed by atoms with Gasteiger partial charge in [0.1, 0.15) is 0 Å². The summed E-state index contributed by atoms with van der Waals surface area (Å²) in [6.45, 7) is 0. The SMILES string of the molecule is CON(C)C(=O)C(F)C(F)(F)F. The molecule has 0 aliphatic carbocycles. The molecular formula is C5H7F4NO2. The quantitative estimate of drug-likeness (QED) is 0.477. The largest absolute Gasteiger partial charge is 0.428 e. The zero-order chi connectivity index (χ0) is 9.94. The lowest BCUT2D eigenvalue weighted by Crippen LogP contribution is -2.41. The van der Waals surface area contributed by atoms with E-state index < -0.39 is 18.3 Å². The third kappa shape index (κ3) is 2.65. The summed E-state index contributed by atoms with van der Waals surface area (Å²) in [5, 5.41) is 0.179. The molecular weight excluding hydrogens is 182 g/mol. The van der Waals surface area contributed by atoms with Crippen molar-refractivity contribution in [1.82, 2.24) is 5.06 Å². The molecule has 1 unspecified atom stereocenters. The number of rotatable bonds is 2. The van der Waals surface area contributed by atoms with Gasteiger partial charge in [0.15, 0.2) is 0 Å². The van der Waals surface area contributed by atoms with Gasteiger partial charge in [-0.05, 0) is 0 Å². The maximum Gasteiger partial charge on any atom is 0.428 e. The Morgan fingerprint density at radius 1 is 1.50 bits per heavy atom. The predicted octanol–water partition coefficient (Wildman–Crippen LogP) is 0.907. The molecule has 12 heavy (non-hydrogen) atoms. The highest BCUT2D eigenvalue weighted by molar-refractivity contribution is 5.80. The van der Waals surface area contributed by atoms with Crippen LogP contribution in [0.15, 0.2) is 0 Å². The Kier molecular flexibility index (Phi) is 3.44. The second-order valence-corrected chi connectivity index (χ2v) is 1.92. The number of halogens is 4. The molecule has 0 bridgehead atoms. The van der Waals surface area contributed by atoms with Crippen molar-refractivity contribution in [2.45, 2.75) is 12.3 Å². The number of hydrogen-bond donors (Lipinski definition) is 0. The van der Waals surface area contributed by atoms with Gasteiger partial charge in [-0.25, -0.2) is 9.45 Å². The van der Waals surface area contributed by atoms with Gasteiger partial charge in [-0.15, -0.1) is 0 Å². The maximum atomic E-state index is 12.1. The molecule has 7 heteroatoms. The fourth-order valence-corrected chi connectivity index (χ4v) is 0.390. The average Bonchev–Trinajstić information content (AvgIpc) is 1.98. The van der Waals surface area contributed by atoms with Crippen molar-refractivity contribution in [3.8, 4) is 0 Å². The zero-order valence-electron chi connectivity index (χ0n) is 6.35. The standard InChI is InChI=1S/C5H7F4NO2/c1-10(12-2)4(11)3(6)5(7,8)9/h3H,1-2H3. The Morgan fingerprint density at radius 2 is 1.92 bits per heavy atom. The normalized spacial score (nSPS) is 14.2. The van der Waals surface area contributed by atoms with Gasteiger partial charge in [0, 0.05) is 7.05 Å². The van der Waals surface area contributed by atoms with Crippen LogP contribution >= 0.6 is 0 Å². The van der Waals surface area contributed by atoms with Gasteiger partial charge in [-0.3, -0.25) is 9.63 Å². The van der Waals surface area contributed by atoms with Gasteiger partial charge in [0.05, 0.1) is 7.11 Å². The van der Waals surface area contributed by atoms with Crippen molar-refractivity contribution in [1.29, 1.82) is 0 Å². The fraction of sp³-hybridized carbons (Fsp3) is 0.800. The third-order valence-corrected chi connectivity index (χ3v) is 1.09. The number of hydroxylamine groups is 2. The number of nitrogens with zero attached hydrogens (tertiary/aromatic N) is 1. The van der Waals surface area contributed by atoms with E-state index in [0.717, 1.165) is 14.2 Å². The van der Waals surface area contributed by atoms with Crippen LogP contribution in [0, 0.1) is 0 Å². The second kappa shape index (κ2) is 3.70. The number of carbonyl (C=O) groups is 1. The number of amides is 1. The minimum absolute atomic E-state index is 0.179. The second-order valence-electron chi connectivity index (χ2n) is 1.92. The zero-order valence-corrected chi connectivity index (χ0v) is 6.35. The summed E-state index contributed by atoms with van der Waals surface area (Å²) in [6, 6.07) is 0. The van der Waals surface area contributed by atoms with E-state index in [1.165, 1.54) is 0 Å². The summed E-state index contributed by atoms with van der Waals surface area (Å²) in [4.78, 5) is 14.5. The molecule has 0 aromatic heterocycles. The lowest BCUT2D eigenvalue weighted by molar-refractivity contribution is -0.213. The van der Waals surface area contributed by atoms with E-state index in [9.17, 15) is 22.4 Å². The molecule has 0 rings (SSSR count). The first kappa shape index (κ1) is 11.2. The Morgan fingerprint density at radius 3 is 2.17 bits per heavy atom. The minimum Gasteiger partial charge on any atom is -0.274 e. The number of alkyl halides is 4. The topological polar surface area (TPSA) is 29.5 Å². The van der Waals surface area contributed by atoms with Crippen LogP contribution in [0.5, 0.6) is 0 Å². The van der Waals surface area contributed by atoms with E-state index in [1.807, 2.05) is 0 Å². The Bertz CT molecular complexity index is 169. The molecule has 0 N–H and O–H groups in total. The van der Waals surface area contributed by atoms with Crippen LogP contribution in [0.25, 0.3) is 0 Å². The Labute approximate surface area is 65.9 Å². The van der Waals surface area contributed by atoms with Crippen molar-refractivity contribution in [3.05, 3.63) is 0 Å². The predicted molar refractivity (Wildman–Crippen MR) is 30.7 cm³/mol. The molecule has 0 aliphatic heterocycles. The molecule has 0 aromatic rings. The lowest BCUT2D eigenvalue weighted by Gasteiger charge is -2.17. The van der Waals surface area contributed by atoms with Crippen molar-refractivity contribution in [3.63, 3.8) is 0 Å². The van der Waals surface area contributed by atoms with E-state index in [-0.39, 0.29) is 5.06 Å². The van der Waals surface area contributed by atoms with Gasteiger partial charge in [0.25, 0.3) is 12.1 Å².